The topological polar surface area (TPSA) is 74.7 Å². The first-order valence-electron chi connectivity index (χ1n) is 7.86. The number of rotatable bonds is 7. The first kappa shape index (κ1) is 21.7. The molecule has 132 valence electrons. The summed E-state index contributed by atoms with van der Waals surface area (Å²) in [4.78, 5) is 11.6. The Labute approximate surface area is 162 Å². The zero-order valence-corrected chi connectivity index (χ0v) is 16.0. The Balaban J connectivity index is 0.00000312. The molecule has 0 heterocycles. The van der Waals surface area contributed by atoms with E-state index in [0.717, 1.165) is 26.9 Å². The minimum atomic E-state index is -3.65. The minimum Gasteiger partial charge on any atom is -1.00 e. The number of fused-ring (bicyclic) bond motifs is 1. The molecule has 2 aromatic rings. The van der Waals surface area contributed by atoms with Crippen LogP contribution in [0.4, 0.5) is 0 Å². The monoisotopic (exact) mass is 357 g/mol. The summed E-state index contributed by atoms with van der Waals surface area (Å²) in [6, 6.07) is 12.4. The number of carboxylic acid groups (broad SMARTS) is 1. The second-order valence-corrected chi connectivity index (χ2v) is 8.41. The van der Waals surface area contributed by atoms with Gasteiger partial charge >= 0.3 is 24.8 Å². The second kappa shape index (κ2) is 8.86. The molecule has 1 atom stereocenters. The average Bonchev–Trinajstić information content (AvgIpc) is 2.49. The van der Waals surface area contributed by atoms with E-state index >= 15 is 0 Å². The van der Waals surface area contributed by atoms with Gasteiger partial charge < -0.3 is 6.53 Å². The molecule has 2 aromatic carbocycles. The second-order valence-electron chi connectivity index (χ2n) is 6.47. The number of sulfonamides is 1. The Hall–Kier alpha value is -1.32. The van der Waals surface area contributed by atoms with Crippen molar-refractivity contribution in [2.75, 3.05) is 6.26 Å². The fraction of sp³-hybridized carbons (Fsp3) is 0.389. The standard InChI is InChI=1S/C18H23NO4S.Li.H/c1-13(2)10-17(18(20)21)19(24(3,22)23)12-14-8-9-15-6-4-5-7-16(15)11-14;;/h4-9,11,13,17H,10,12H2,1-3H3,(H,20,21);;/q;+1;-1/t17-;;/m0../s1. The predicted molar refractivity (Wildman–Crippen MR) is 96.3 cm³/mol. The summed E-state index contributed by atoms with van der Waals surface area (Å²) in [6.07, 6.45) is 1.33. The van der Waals surface area contributed by atoms with Gasteiger partial charge in [0.1, 0.15) is 6.04 Å². The number of benzene rings is 2. The normalized spacial score (nSPS) is 13.0. The Bertz CT molecular complexity index is 842. The van der Waals surface area contributed by atoms with Gasteiger partial charge in [0.25, 0.3) is 0 Å². The van der Waals surface area contributed by atoms with Crippen molar-refractivity contribution in [1.82, 2.24) is 4.31 Å². The molecule has 2 rings (SSSR count). The van der Waals surface area contributed by atoms with Crippen molar-refractivity contribution in [3.05, 3.63) is 48.0 Å². The van der Waals surface area contributed by atoms with Gasteiger partial charge in [0.15, 0.2) is 0 Å². The number of hydrogen-bond donors (Lipinski definition) is 1. The summed E-state index contributed by atoms with van der Waals surface area (Å²) >= 11 is 0. The van der Waals surface area contributed by atoms with Crippen LogP contribution in [-0.2, 0) is 21.4 Å². The molecule has 1 N–H and O–H groups in total. The van der Waals surface area contributed by atoms with Gasteiger partial charge in [0, 0.05) is 6.54 Å². The Morgan fingerprint density at radius 3 is 2.28 bits per heavy atom. The molecule has 0 saturated heterocycles. The molecular formula is C18H24LiNO4S. The fourth-order valence-electron chi connectivity index (χ4n) is 2.76. The summed E-state index contributed by atoms with van der Waals surface area (Å²) in [7, 11) is -3.65. The van der Waals surface area contributed by atoms with E-state index in [-0.39, 0.29) is 39.2 Å². The van der Waals surface area contributed by atoms with Crippen LogP contribution in [0.25, 0.3) is 10.8 Å². The van der Waals surface area contributed by atoms with Crippen molar-refractivity contribution in [3.63, 3.8) is 0 Å². The molecule has 25 heavy (non-hydrogen) atoms. The summed E-state index contributed by atoms with van der Waals surface area (Å²) in [5.41, 5.74) is 0.772. The maximum atomic E-state index is 12.2. The molecule has 0 saturated carbocycles. The molecule has 0 bridgehead atoms. The van der Waals surface area contributed by atoms with Gasteiger partial charge in [-0.2, -0.15) is 4.31 Å². The quantitative estimate of drug-likeness (QED) is 0.720. The van der Waals surface area contributed by atoms with Crippen LogP contribution in [0.2, 0.25) is 0 Å². The van der Waals surface area contributed by atoms with Crippen molar-refractivity contribution >= 4 is 26.8 Å². The van der Waals surface area contributed by atoms with Crippen LogP contribution in [0.15, 0.2) is 42.5 Å². The molecular weight excluding hydrogens is 333 g/mol. The van der Waals surface area contributed by atoms with Crippen molar-refractivity contribution < 1.29 is 38.6 Å². The fourth-order valence-corrected chi connectivity index (χ4v) is 3.79. The van der Waals surface area contributed by atoms with Crippen LogP contribution in [0.5, 0.6) is 0 Å². The van der Waals surface area contributed by atoms with Crippen LogP contribution < -0.4 is 18.9 Å². The third-order valence-electron chi connectivity index (χ3n) is 3.91. The van der Waals surface area contributed by atoms with Crippen LogP contribution in [-0.4, -0.2) is 36.1 Å². The summed E-state index contributed by atoms with van der Waals surface area (Å²) in [5.74, 6) is -1.04. The first-order chi connectivity index (χ1) is 11.2. The summed E-state index contributed by atoms with van der Waals surface area (Å²) < 4.78 is 25.5. The first-order valence-corrected chi connectivity index (χ1v) is 9.70. The third kappa shape index (κ3) is 5.86. The summed E-state index contributed by atoms with van der Waals surface area (Å²) in [5, 5.41) is 11.6. The van der Waals surface area contributed by atoms with Gasteiger partial charge in [-0.15, -0.1) is 0 Å². The minimum absolute atomic E-state index is 0. The number of hydrogen-bond acceptors (Lipinski definition) is 3. The smallest absolute Gasteiger partial charge is 1.00 e. The SMILES string of the molecule is CC(C)C[C@@H](C(=O)O)N(Cc1ccc2ccccc2c1)S(C)(=O)=O.[H-].[Li+]. The molecule has 0 aliphatic rings. The van der Waals surface area contributed by atoms with Gasteiger partial charge in [-0.05, 0) is 34.7 Å². The van der Waals surface area contributed by atoms with E-state index < -0.39 is 22.0 Å². The Morgan fingerprint density at radius 1 is 1.16 bits per heavy atom. The Morgan fingerprint density at radius 2 is 1.76 bits per heavy atom. The maximum Gasteiger partial charge on any atom is 1.00 e. The predicted octanol–water partition coefficient (Wildman–Crippen LogP) is 0.217. The van der Waals surface area contributed by atoms with Gasteiger partial charge in [0.05, 0.1) is 6.26 Å². The van der Waals surface area contributed by atoms with E-state index in [0.29, 0.717) is 0 Å². The van der Waals surface area contributed by atoms with E-state index in [9.17, 15) is 18.3 Å². The van der Waals surface area contributed by atoms with E-state index in [2.05, 4.69) is 0 Å². The molecule has 0 spiro atoms. The largest absolute Gasteiger partial charge is 1.00 e. The van der Waals surface area contributed by atoms with Gasteiger partial charge in [-0.3, -0.25) is 4.79 Å². The van der Waals surface area contributed by atoms with Crippen molar-refractivity contribution in [3.8, 4) is 0 Å². The van der Waals surface area contributed by atoms with Crippen molar-refractivity contribution in [2.45, 2.75) is 32.9 Å². The van der Waals surface area contributed by atoms with Crippen molar-refractivity contribution in [2.24, 2.45) is 5.92 Å². The van der Waals surface area contributed by atoms with Crippen LogP contribution in [0.1, 0.15) is 27.3 Å². The molecule has 7 heteroatoms. The number of carbonyl (C=O) groups is 1. The number of aliphatic carboxylic acids is 1. The Kier molecular flexibility index (Phi) is 7.70. The van der Waals surface area contributed by atoms with E-state index in [1.54, 1.807) is 0 Å². The molecule has 0 aliphatic heterocycles. The average molecular weight is 357 g/mol. The van der Waals surface area contributed by atoms with Gasteiger partial charge in [-0.25, -0.2) is 8.42 Å². The zero-order chi connectivity index (χ0) is 17.9. The molecule has 0 fully saturated rings. The molecule has 0 aromatic heterocycles. The third-order valence-corrected chi connectivity index (χ3v) is 5.14. The van der Waals surface area contributed by atoms with Gasteiger partial charge in [-0.1, -0.05) is 50.2 Å². The molecule has 5 nitrogen and oxygen atoms in total. The maximum absolute atomic E-state index is 12.2. The molecule has 0 amide bonds. The van der Waals surface area contributed by atoms with Crippen LogP contribution >= 0.6 is 0 Å². The number of carboxylic acids is 1. The van der Waals surface area contributed by atoms with Crippen molar-refractivity contribution in [1.29, 1.82) is 0 Å². The van der Waals surface area contributed by atoms with Crippen LogP contribution in [0, 0.1) is 5.92 Å². The molecule has 0 unspecified atom stereocenters. The van der Waals surface area contributed by atoms with E-state index in [4.69, 9.17) is 0 Å². The van der Waals surface area contributed by atoms with Gasteiger partial charge in [0.2, 0.25) is 10.0 Å². The zero-order valence-electron chi connectivity index (χ0n) is 16.1. The van der Waals surface area contributed by atoms with Crippen LogP contribution in [0.3, 0.4) is 0 Å². The van der Waals surface area contributed by atoms with E-state index in [1.807, 2.05) is 56.3 Å². The number of nitrogens with zero attached hydrogens (tertiary/aromatic N) is 1. The van der Waals surface area contributed by atoms with E-state index in [1.165, 1.54) is 0 Å². The summed E-state index contributed by atoms with van der Waals surface area (Å²) in [6.45, 7) is 3.81. The molecule has 0 radical (unpaired) electrons. The molecule has 0 aliphatic carbocycles.